The maximum atomic E-state index is 5.14. The van der Waals surface area contributed by atoms with E-state index < -0.39 is 0 Å². The lowest BCUT2D eigenvalue weighted by Gasteiger charge is -1.95. The average molecular weight is 135 g/mol. The molecule has 60 valence electrons. The van der Waals surface area contributed by atoms with E-state index in [9.17, 15) is 0 Å². The number of hydrogen-bond donors (Lipinski definition) is 1. The van der Waals surface area contributed by atoms with Gasteiger partial charge >= 0.3 is 0 Å². The number of rotatable bonds is 4. The molecule has 0 fully saturated rings. The van der Waals surface area contributed by atoms with Crippen LogP contribution in [0.5, 0.6) is 0 Å². The third-order valence-corrected chi connectivity index (χ3v) is 0.611. The Labute approximate surface area is 59.9 Å². The van der Waals surface area contributed by atoms with Crippen molar-refractivity contribution in [2.24, 2.45) is 5.73 Å². The highest BCUT2D eigenvalue weighted by Crippen LogP contribution is 1.75. The van der Waals surface area contributed by atoms with Crippen LogP contribution in [0, 0.1) is 0 Å². The molecule has 2 N–H and O–H groups in total. The van der Waals surface area contributed by atoms with Crippen molar-refractivity contribution >= 4 is 0 Å². The SMILES string of the molecule is CC.CCCOCCN.[HH]. The fourth-order valence-electron chi connectivity index (χ4n) is 0.330. The molecule has 0 atom stereocenters. The molecule has 9 heavy (non-hydrogen) atoms. The van der Waals surface area contributed by atoms with E-state index in [4.69, 9.17) is 10.5 Å². The summed E-state index contributed by atoms with van der Waals surface area (Å²) in [5, 5.41) is 0. The van der Waals surface area contributed by atoms with Crippen molar-refractivity contribution in [3.63, 3.8) is 0 Å². The maximum absolute atomic E-state index is 5.14. The molecule has 0 amide bonds. The second-order valence-corrected chi connectivity index (χ2v) is 1.40. The molecule has 0 aliphatic heterocycles. The van der Waals surface area contributed by atoms with Gasteiger partial charge in [-0.3, -0.25) is 0 Å². The predicted octanol–water partition coefficient (Wildman–Crippen LogP) is 1.64. The average Bonchev–Trinajstić information content (AvgIpc) is 1.94. The number of hydrogen-bond acceptors (Lipinski definition) is 2. The molecule has 0 aromatic rings. The molecule has 0 unspecified atom stereocenters. The minimum Gasteiger partial charge on any atom is -0.380 e. The molecule has 0 heterocycles. The van der Waals surface area contributed by atoms with Crippen molar-refractivity contribution < 1.29 is 6.16 Å². The van der Waals surface area contributed by atoms with Crippen LogP contribution >= 0.6 is 0 Å². The summed E-state index contributed by atoms with van der Waals surface area (Å²) < 4.78 is 5.01. The van der Waals surface area contributed by atoms with E-state index >= 15 is 0 Å². The lowest BCUT2D eigenvalue weighted by molar-refractivity contribution is 0.142. The molecular formula is C7H21NO. The van der Waals surface area contributed by atoms with Crippen molar-refractivity contribution in [1.29, 1.82) is 0 Å². The molecule has 0 radical (unpaired) electrons. The molecule has 0 saturated carbocycles. The van der Waals surface area contributed by atoms with Gasteiger partial charge in [-0.1, -0.05) is 20.8 Å². The quantitative estimate of drug-likeness (QED) is 0.595. The first-order valence-corrected chi connectivity index (χ1v) is 3.69. The number of ether oxygens (including phenoxy) is 1. The zero-order chi connectivity index (χ0) is 7.54. The van der Waals surface area contributed by atoms with Gasteiger partial charge in [0.05, 0.1) is 6.61 Å². The summed E-state index contributed by atoms with van der Waals surface area (Å²) >= 11 is 0. The molecule has 2 heteroatoms. The summed E-state index contributed by atoms with van der Waals surface area (Å²) in [6.45, 7) is 8.27. The fraction of sp³-hybridized carbons (Fsp3) is 1.00. The Bertz CT molecular complexity index is 32.8. The van der Waals surface area contributed by atoms with Crippen molar-refractivity contribution in [2.75, 3.05) is 19.8 Å². The molecule has 0 aliphatic rings. The molecule has 0 spiro atoms. The summed E-state index contributed by atoms with van der Waals surface area (Å²) in [5.41, 5.74) is 5.14. The Morgan fingerprint density at radius 2 is 1.89 bits per heavy atom. The van der Waals surface area contributed by atoms with Crippen LogP contribution in [0.25, 0.3) is 0 Å². The van der Waals surface area contributed by atoms with E-state index in [2.05, 4.69) is 6.92 Å². The van der Waals surface area contributed by atoms with E-state index in [-0.39, 0.29) is 1.43 Å². The third kappa shape index (κ3) is 18.1. The van der Waals surface area contributed by atoms with Gasteiger partial charge in [0.1, 0.15) is 0 Å². The van der Waals surface area contributed by atoms with Crippen LogP contribution in [-0.4, -0.2) is 19.8 Å². The van der Waals surface area contributed by atoms with E-state index in [0.29, 0.717) is 13.2 Å². The van der Waals surface area contributed by atoms with Crippen molar-refractivity contribution in [3.8, 4) is 0 Å². The maximum Gasteiger partial charge on any atom is 0.0588 e. The van der Waals surface area contributed by atoms with E-state index in [1.165, 1.54) is 0 Å². The molecule has 0 aliphatic carbocycles. The predicted molar refractivity (Wildman–Crippen MR) is 43.6 cm³/mol. The highest BCUT2D eigenvalue weighted by atomic mass is 16.5. The Morgan fingerprint density at radius 3 is 2.22 bits per heavy atom. The van der Waals surface area contributed by atoms with Gasteiger partial charge in [0, 0.05) is 14.6 Å². The zero-order valence-corrected chi connectivity index (χ0v) is 6.81. The normalized spacial score (nSPS) is 8.00. The van der Waals surface area contributed by atoms with Gasteiger partial charge in [-0.2, -0.15) is 0 Å². The summed E-state index contributed by atoms with van der Waals surface area (Å²) in [6.07, 6.45) is 1.08. The molecule has 0 rings (SSSR count). The van der Waals surface area contributed by atoms with Crippen LogP contribution < -0.4 is 5.73 Å². The van der Waals surface area contributed by atoms with Crippen LogP contribution in [0.4, 0.5) is 0 Å². The van der Waals surface area contributed by atoms with Gasteiger partial charge in [-0.15, -0.1) is 0 Å². The van der Waals surface area contributed by atoms with Gasteiger partial charge in [-0.05, 0) is 6.42 Å². The minimum absolute atomic E-state index is 0. The Kier molecular flexibility index (Phi) is 20.3. The molecule has 0 saturated heterocycles. The first kappa shape index (κ1) is 11.7. The standard InChI is InChI=1S/C5H13NO.C2H6.H2/c1-2-4-7-5-3-6;1-2;/h2-6H2,1H3;1-2H3;1H. The molecule has 0 aromatic carbocycles. The first-order chi connectivity index (χ1) is 4.41. The topological polar surface area (TPSA) is 35.2 Å². The van der Waals surface area contributed by atoms with Crippen molar-refractivity contribution in [2.45, 2.75) is 27.2 Å². The van der Waals surface area contributed by atoms with E-state index in [1.807, 2.05) is 13.8 Å². The van der Waals surface area contributed by atoms with Crippen LogP contribution in [0.2, 0.25) is 0 Å². The Balaban J connectivity index is -0.000000149. The van der Waals surface area contributed by atoms with Crippen molar-refractivity contribution in [3.05, 3.63) is 0 Å². The largest absolute Gasteiger partial charge is 0.380 e. The van der Waals surface area contributed by atoms with Gasteiger partial charge in [-0.25, -0.2) is 0 Å². The van der Waals surface area contributed by atoms with Crippen LogP contribution in [-0.2, 0) is 4.74 Å². The smallest absolute Gasteiger partial charge is 0.0588 e. The second-order valence-electron chi connectivity index (χ2n) is 1.40. The minimum atomic E-state index is 0. The lowest BCUT2D eigenvalue weighted by Crippen LogP contribution is -2.08. The van der Waals surface area contributed by atoms with Gasteiger partial charge in [0.15, 0.2) is 0 Å². The van der Waals surface area contributed by atoms with Crippen LogP contribution in [0.15, 0.2) is 0 Å². The lowest BCUT2D eigenvalue weighted by atomic mass is 10.5. The van der Waals surface area contributed by atoms with Crippen LogP contribution in [0.3, 0.4) is 0 Å². The zero-order valence-electron chi connectivity index (χ0n) is 6.81. The summed E-state index contributed by atoms with van der Waals surface area (Å²) in [5.74, 6) is 0. The fourth-order valence-corrected chi connectivity index (χ4v) is 0.330. The highest BCUT2D eigenvalue weighted by molar-refractivity contribution is 4.29. The van der Waals surface area contributed by atoms with Gasteiger partial charge in [0.25, 0.3) is 0 Å². The first-order valence-electron chi connectivity index (χ1n) is 3.69. The number of nitrogens with two attached hydrogens (primary N) is 1. The molecular weight excluding hydrogens is 114 g/mol. The summed E-state index contributed by atoms with van der Waals surface area (Å²) in [6, 6.07) is 0. The monoisotopic (exact) mass is 135 g/mol. The molecule has 0 aromatic heterocycles. The molecule has 0 bridgehead atoms. The van der Waals surface area contributed by atoms with Gasteiger partial charge < -0.3 is 10.5 Å². The van der Waals surface area contributed by atoms with E-state index in [1.54, 1.807) is 0 Å². The van der Waals surface area contributed by atoms with E-state index in [0.717, 1.165) is 13.0 Å². The third-order valence-electron chi connectivity index (χ3n) is 0.611. The highest BCUT2D eigenvalue weighted by Gasteiger charge is 1.77. The summed E-state index contributed by atoms with van der Waals surface area (Å²) in [4.78, 5) is 0. The van der Waals surface area contributed by atoms with Crippen molar-refractivity contribution in [1.82, 2.24) is 0 Å². The van der Waals surface area contributed by atoms with Crippen LogP contribution in [0.1, 0.15) is 28.6 Å². The molecule has 2 nitrogen and oxygen atoms in total. The Morgan fingerprint density at radius 1 is 1.33 bits per heavy atom. The van der Waals surface area contributed by atoms with Gasteiger partial charge in [0.2, 0.25) is 0 Å². The Hall–Kier alpha value is -0.0800. The summed E-state index contributed by atoms with van der Waals surface area (Å²) in [7, 11) is 0. The second kappa shape index (κ2) is 15.7.